The number of nitrogens with one attached hydrogen (secondary N) is 1. The van der Waals surface area contributed by atoms with Crippen molar-refractivity contribution in [3.63, 3.8) is 0 Å². The number of aryl methyl sites for hydroxylation is 1. The molecule has 2 rings (SSSR count). The van der Waals surface area contributed by atoms with Crippen molar-refractivity contribution in [3.8, 4) is 0 Å². The van der Waals surface area contributed by atoms with Gasteiger partial charge in [-0.2, -0.15) is 0 Å². The van der Waals surface area contributed by atoms with Crippen molar-refractivity contribution >= 4 is 0 Å². The van der Waals surface area contributed by atoms with Crippen LogP contribution in [0, 0.1) is 12.8 Å². The van der Waals surface area contributed by atoms with Crippen molar-refractivity contribution in [3.05, 3.63) is 23.3 Å². The van der Waals surface area contributed by atoms with Gasteiger partial charge in [0.1, 0.15) is 5.82 Å². The summed E-state index contributed by atoms with van der Waals surface area (Å²) in [7, 11) is 0. The molecule has 1 fully saturated rings. The number of rotatable bonds is 5. The van der Waals surface area contributed by atoms with Gasteiger partial charge in [-0.05, 0) is 51.1 Å². The van der Waals surface area contributed by atoms with E-state index >= 15 is 0 Å². The van der Waals surface area contributed by atoms with Crippen LogP contribution < -0.4 is 5.32 Å². The average molecular weight is 261 g/mol. The molecule has 1 saturated carbocycles. The summed E-state index contributed by atoms with van der Waals surface area (Å²) < 4.78 is 0. The van der Waals surface area contributed by atoms with Crippen molar-refractivity contribution in [1.82, 2.24) is 15.3 Å². The highest BCUT2D eigenvalue weighted by Crippen LogP contribution is 2.35. The van der Waals surface area contributed by atoms with Crippen molar-refractivity contribution in [2.45, 2.75) is 65.3 Å². The van der Waals surface area contributed by atoms with Gasteiger partial charge in [0, 0.05) is 18.2 Å². The van der Waals surface area contributed by atoms with Gasteiger partial charge in [0.25, 0.3) is 0 Å². The molecule has 0 aromatic carbocycles. The normalized spacial score (nSPS) is 23.5. The van der Waals surface area contributed by atoms with E-state index in [0.717, 1.165) is 36.2 Å². The molecule has 0 unspecified atom stereocenters. The maximum atomic E-state index is 4.77. The van der Waals surface area contributed by atoms with E-state index in [9.17, 15) is 0 Å². The van der Waals surface area contributed by atoms with Crippen molar-refractivity contribution in [2.24, 2.45) is 5.92 Å². The molecule has 3 nitrogen and oxygen atoms in total. The molecule has 0 amide bonds. The largest absolute Gasteiger partial charge is 0.311 e. The zero-order valence-electron chi connectivity index (χ0n) is 12.6. The van der Waals surface area contributed by atoms with Crippen molar-refractivity contribution in [1.29, 1.82) is 0 Å². The lowest BCUT2D eigenvalue weighted by atomic mass is 9.80. The molecule has 1 aromatic heterocycles. The van der Waals surface area contributed by atoms with Gasteiger partial charge in [-0.25, -0.2) is 9.97 Å². The molecule has 1 aliphatic rings. The molecule has 19 heavy (non-hydrogen) atoms. The fourth-order valence-corrected chi connectivity index (χ4v) is 3.01. The van der Waals surface area contributed by atoms with Crippen LogP contribution in [-0.2, 0) is 6.54 Å². The molecule has 0 bridgehead atoms. The molecule has 1 N–H and O–H groups in total. The van der Waals surface area contributed by atoms with Crippen LogP contribution in [0.15, 0.2) is 6.07 Å². The molecule has 1 aliphatic carbocycles. The fourth-order valence-electron chi connectivity index (χ4n) is 3.01. The summed E-state index contributed by atoms with van der Waals surface area (Å²) in [6.07, 6.45) is 6.56. The molecular weight excluding hydrogens is 234 g/mol. The zero-order valence-corrected chi connectivity index (χ0v) is 12.6. The van der Waals surface area contributed by atoms with Crippen LogP contribution in [0.3, 0.4) is 0 Å². The number of hydrogen-bond donors (Lipinski definition) is 1. The topological polar surface area (TPSA) is 37.8 Å². The lowest BCUT2D eigenvalue weighted by Gasteiger charge is -2.27. The minimum absolute atomic E-state index is 0.586. The summed E-state index contributed by atoms with van der Waals surface area (Å²) >= 11 is 0. The van der Waals surface area contributed by atoms with Crippen LogP contribution in [0.25, 0.3) is 0 Å². The van der Waals surface area contributed by atoms with Crippen LogP contribution in [0.1, 0.15) is 69.1 Å². The van der Waals surface area contributed by atoms with Gasteiger partial charge in [0.15, 0.2) is 0 Å². The minimum atomic E-state index is 0.586. The lowest BCUT2D eigenvalue weighted by molar-refractivity contribution is 0.311. The van der Waals surface area contributed by atoms with Crippen LogP contribution in [-0.4, -0.2) is 16.5 Å². The van der Waals surface area contributed by atoms with E-state index in [4.69, 9.17) is 4.98 Å². The Labute approximate surface area is 117 Å². The lowest BCUT2D eigenvalue weighted by Crippen LogP contribution is -2.18. The van der Waals surface area contributed by atoms with Gasteiger partial charge < -0.3 is 5.32 Å². The van der Waals surface area contributed by atoms with E-state index in [2.05, 4.69) is 37.1 Å². The molecule has 106 valence electrons. The molecule has 0 aliphatic heterocycles. The molecule has 0 atom stereocenters. The Balaban J connectivity index is 2.05. The highest BCUT2D eigenvalue weighted by molar-refractivity contribution is 5.12. The Morgan fingerprint density at radius 2 is 1.89 bits per heavy atom. The fraction of sp³-hybridized carbons (Fsp3) is 0.750. The third-order valence-electron chi connectivity index (χ3n) is 4.27. The molecule has 0 spiro atoms. The van der Waals surface area contributed by atoms with Gasteiger partial charge in [0.05, 0.1) is 5.69 Å². The molecule has 1 aromatic rings. The van der Waals surface area contributed by atoms with E-state index in [1.54, 1.807) is 0 Å². The molecule has 3 heteroatoms. The summed E-state index contributed by atoms with van der Waals surface area (Å²) in [6.45, 7) is 8.36. The number of hydrogen-bond acceptors (Lipinski definition) is 3. The van der Waals surface area contributed by atoms with E-state index in [1.165, 1.54) is 32.1 Å². The van der Waals surface area contributed by atoms with Gasteiger partial charge in [-0.3, -0.25) is 0 Å². The Bertz CT molecular complexity index is 395. The first-order chi connectivity index (χ1) is 9.22. The van der Waals surface area contributed by atoms with E-state index < -0.39 is 0 Å². The molecule has 0 saturated heterocycles. The highest BCUT2D eigenvalue weighted by Gasteiger charge is 2.23. The van der Waals surface area contributed by atoms with Crippen LogP contribution in [0.4, 0.5) is 0 Å². The zero-order chi connectivity index (χ0) is 13.7. The summed E-state index contributed by atoms with van der Waals surface area (Å²) in [5.74, 6) is 2.60. The second kappa shape index (κ2) is 6.99. The first kappa shape index (κ1) is 14.4. The van der Waals surface area contributed by atoms with E-state index in [-0.39, 0.29) is 0 Å². The number of nitrogens with zero attached hydrogens (tertiary/aromatic N) is 2. The number of aromatic nitrogens is 2. The summed E-state index contributed by atoms with van der Waals surface area (Å²) in [5, 5.41) is 3.35. The highest BCUT2D eigenvalue weighted by atomic mass is 14.9. The first-order valence-electron chi connectivity index (χ1n) is 7.78. The predicted octanol–water partition coefficient (Wildman–Crippen LogP) is 3.58. The van der Waals surface area contributed by atoms with Gasteiger partial charge in [-0.15, -0.1) is 0 Å². The van der Waals surface area contributed by atoms with Crippen molar-refractivity contribution in [2.75, 3.05) is 6.54 Å². The monoisotopic (exact) mass is 261 g/mol. The van der Waals surface area contributed by atoms with Crippen LogP contribution >= 0.6 is 0 Å². The van der Waals surface area contributed by atoms with E-state index in [0.29, 0.717) is 5.92 Å². The Kier molecular flexibility index (Phi) is 5.32. The Morgan fingerprint density at radius 1 is 1.16 bits per heavy atom. The summed E-state index contributed by atoms with van der Waals surface area (Å²) in [6, 6.07) is 2.10. The van der Waals surface area contributed by atoms with Gasteiger partial charge in [0.2, 0.25) is 0 Å². The third-order valence-corrected chi connectivity index (χ3v) is 4.27. The smallest absolute Gasteiger partial charge is 0.131 e. The first-order valence-corrected chi connectivity index (χ1v) is 7.78. The Hall–Kier alpha value is -0.960. The van der Waals surface area contributed by atoms with Gasteiger partial charge >= 0.3 is 0 Å². The van der Waals surface area contributed by atoms with Crippen LogP contribution in [0.5, 0.6) is 0 Å². The van der Waals surface area contributed by atoms with E-state index in [1.807, 2.05) is 0 Å². The van der Waals surface area contributed by atoms with Crippen LogP contribution in [0.2, 0.25) is 0 Å². The Morgan fingerprint density at radius 3 is 2.53 bits per heavy atom. The molecular formula is C16H27N3. The summed E-state index contributed by atoms with van der Waals surface area (Å²) in [5.41, 5.74) is 2.25. The standard InChI is InChI=1S/C16H27N3/c1-4-13-6-8-14(9-7-13)16-18-12(3)10-15(19-16)11-17-5-2/h10,13-14,17H,4-9,11H2,1-3H3. The third kappa shape index (κ3) is 4.00. The second-order valence-corrected chi connectivity index (χ2v) is 5.77. The summed E-state index contributed by atoms with van der Waals surface area (Å²) in [4.78, 5) is 9.45. The molecule has 0 radical (unpaired) electrons. The molecule has 1 heterocycles. The second-order valence-electron chi connectivity index (χ2n) is 5.77. The maximum Gasteiger partial charge on any atom is 0.131 e. The SMILES string of the molecule is CCNCc1cc(C)nc(C2CCC(CC)CC2)n1. The maximum absolute atomic E-state index is 4.77. The minimum Gasteiger partial charge on any atom is -0.311 e. The van der Waals surface area contributed by atoms with Crippen molar-refractivity contribution < 1.29 is 0 Å². The quantitative estimate of drug-likeness (QED) is 0.880. The average Bonchev–Trinajstić information content (AvgIpc) is 2.44. The van der Waals surface area contributed by atoms with Gasteiger partial charge in [-0.1, -0.05) is 20.3 Å². The predicted molar refractivity (Wildman–Crippen MR) is 79.1 cm³/mol.